The van der Waals surface area contributed by atoms with E-state index < -0.39 is 11.6 Å². The fraction of sp³-hybridized carbons (Fsp3) is 0.0217. The summed E-state index contributed by atoms with van der Waals surface area (Å²) in [5.74, 6) is -1.47. The number of fused-ring (bicyclic) bond motifs is 8. The van der Waals surface area contributed by atoms with Crippen molar-refractivity contribution in [2.24, 2.45) is 4.74 Å². The molecular weight excluding hydrogens is 967 g/mol. The molecule has 8 nitrogen and oxygen atoms in total. The predicted molar refractivity (Wildman–Crippen MR) is 242 cm³/mol. The first-order chi connectivity index (χ1) is 29.3. The van der Waals surface area contributed by atoms with Gasteiger partial charge < -0.3 is 30.6 Å². The Morgan fingerprint density at radius 1 is 0.556 bits per heavy atom. The van der Waals surface area contributed by atoms with Gasteiger partial charge in [-0.3, -0.25) is 9.54 Å². The molecule has 10 aromatic rings. The molecule has 0 radical (unpaired) electrons. The molecule has 0 bridgehead atoms. The van der Waals surface area contributed by atoms with E-state index in [-0.39, 0.29) is 154 Å². The quantitative estimate of drug-likeness (QED) is 0.0597. The zero-order valence-corrected chi connectivity index (χ0v) is 43.5. The Kier molecular flexibility index (Phi) is 18.5. The van der Waals surface area contributed by atoms with Gasteiger partial charge in [-0.25, -0.2) is 8.78 Å². The van der Waals surface area contributed by atoms with Crippen molar-refractivity contribution in [2.75, 3.05) is 7.05 Å². The number of nitrogens with zero attached hydrogens (tertiary/aromatic N) is 1. The van der Waals surface area contributed by atoms with Crippen molar-refractivity contribution < 1.29 is 147 Å². The van der Waals surface area contributed by atoms with Crippen molar-refractivity contribution in [3.63, 3.8) is 0 Å². The summed E-state index contributed by atoms with van der Waals surface area (Å²) >= 11 is 23.8. The molecule has 0 saturated carbocycles. The Morgan fingerprint density at radius 2 is 0.873 bits per heavy atom. The molecule has 2 heterocycles. The molecule has 0 fully saturated rings. The summed E-state index contributed by atoms with van der Waals surface area (Å²) < 4.78 is 43.9. The number of furan rings is 2. The number of carbonyl (C=O) groups is 1. The van der Waals surface area contributed by atoms with E-state index in [4.69, 9.17) is 65.3 Å². The molecule has 0 aliphatic rings. The molecule has 2 aromatic heterocycles. The number of benzene rings is 8. The molecule has 17 heteroatoms. The maximum Gasteiger partial charge on any atom is 1.00 e. The predicted octanol–water partition coefficient (Wildman–Crippen LogP) is 8.61. The molecule has 0 unspecified atom stereocenters. The van der Waals surface area contributed by atoms with Gasteiger partial charge in [0.1, 0.15) is 45.5 Å². The van der Waals surface area contributed by atoms with Crippen LogP contribution in [0.2, 0.25) is 20.1 Å². The third-order valence-corrected chi connectivity index (χ3v) is 10.4. The van der Waals surface area contributed by atoms with Gasteiger partial charge in [0, 0.05) is 83.1 Å². The van der Waals surface area contributed by atoms with Crippen LogP contribution in [0.1, 0.15) is 1.43 Å². The number of carbonyl (C=O) groups excluding carboxylic acids is 1. The fourth-order valence-corrected chi connectivity index (χ4v) is 7.56. The minimum Gasteiger partial charge on any atom is -1.00 e. The Bertz CT molecular complexity index is 3140. The standard InChI is InChI=1S/C22H12Cl2F2O2.C22H10Cl2O2.CH4NP.CH2O3.2K.H/c23-13-1-3-15(19(25)9-13)17-5-11-6-18(16-4-2-14(24)10-20(16)26)22(28)8-12(11)7-21(17)27;23-13-1-3-15-17-5-11-6-18-16-4-2-14(24)10-22(16)26-20(18)8-12(11)7-19(17)25-21(15)9-13;1-2-3;2-1-4-3;;;/h1-10,27-28H;1-10H;3H,1H3;1,3H;;;/q;;;;2*+1;-1/p-1. The summed E-state index contributed by atoms with van der Waals surface area (Å²) in [6.45, 7) is -0.181. The first kappa shape index (κ1) is 51.3. The molecule has 0 saturated heterocycles. The molecule has 308 valence electrons. The van der Waals surface area contributed by atoms with Crippen LogP contribution in [0.3, 0.4) is 0 Å². The molecule has 63 heavy (non-hydrogen) atoms. The van der Waals surface area contributed by atoms with E-state index in [1.54, 1.807) is 19.2 Å². The van der Waals surface area contributed by atoms with Gasteiger partial charge in [0.05, 0.1) is 0 Å². The van der Waals surface area contributed by atoms with Crippen LogP contribution >= 0.6 is 55.4 Å². The van der Waals surface area contributed by atoms with Crippen molar-refractivity contribution >= 4 is 127 Å². The molecule has 10 rings (SSSR count). The van der Waals surface area contributed by atoms with Gasteiger partial charge in [-0.15, -0.1) is 0 Å². The van der Waals surface area contributed by atoms with Crippen molar-refractivity contribution in [1.29, 1.82) is 0 Å². The van der Waals surface area contributed by atoms with E-state index >= 15 is 0 Å². The maximum absolute atomic E-state index is 14.3. The van der Waals surface area contributed by atoms with Crippen LogP contribution in [0, 0.1) is 11.6 Å². The van der Waals surface area contributed by atoms with Crippen molar-refractivity contribution in [1.82, 2.24) is 0 Å². The summed E-state index contributed by atoms with van der Waals surface area (Å²) in [4.78, 5) is 11.2. The van der Waals surface area contributed by atoms with Crippen molar-refractivity contribution in [2.45, 2.75) is 0 Å². The second kappa shape index (κ2) is 22.7. The Hall–Kier alpha value is -2.70. The number of phenols is 2. The SMILES string of the molecule is CN=P.Clc1ccc2c(c1)oc1cc3cc4oc5cc(Cl)ccc5c4cc3cc12.O=CO[O-].Oc1cc2cc(O)c(-c3ccc(Cl)cc3F)cc2cc1-c1ccc(Cl)cc1F.[H-].[K+].[K+]. The molecule has 0 aliphatic carbocycles. The Balaban J connectivity index is 0.000000236. The van der Waals surface area contributed by atoms with Crippen molar-refractivity contribution in [3.05, 3.63) is 153 Å². The molecule has 2 N–H and O–H groups in total. The van der Waals surface area contributed by atoms with Crippen LogP contribution in [0.4, 0.5) is 8.78 Å². The zero-order chi connectivity index (χ0) is 43.5. The van der Waals surface area contributed by atoms with E-state index in [9.17, 15) is 19.0 Å². The third-order valence-electron chi connectivity index (χ3n) is 9.50. The van der Waals surface area contributed by atoms with Crippen LogP contribution in [0.5, 0.6) is 11.5 Å². The van der Waals surface area contributed by atoms with Crippen LogP contribution < -0.4 is 108 Å². The monoisotopic (exact) mass is 993 g/mol. The Morgan fingerprint density at radius 3 is 1.25 bits per heavy atom. The normalized spacial score (nSPS) is 10.5. The number of phenolic OH excluding ortho intramolecular Hbond substituents is 2. The summed E-state index contributed by atoms with van der Waals surface area (Å²) in [5, 5.41) is 38.6. The second-order valence-electron chi connectivity index (χ2n) is 13.3. The van der Waals surface area contributed by atoms with E-state index in [0.29, 0.717) is 20.8 Å². The van der Waals surface area contributed by atoms with Gasteiger partial charge in [-0.1, -0.05) is 46.4 Å². The van der Waals surface area contributed by atoms with Gasteiger partial charge in [0.25, 0.3) is 6.47 Å². The molecule has 8 aromatic carbocycles. The van der Waals surface area contributed by atoms with Gasteiger partial charge in [-0.2, -0.15) is 0 Å². The Labute approximate surface area is 466 Å². The third kappa shape index (κ3) is 11.5. The minimum atomic E-state index is -0.579. The topological polar surface area (TPSA) is 128 Å². The molecule has 0 atom stereocenters. The van der Waals surface area contributed by atoms with E-state index in [1.165, 1.54) is 36.4 Å². The average Bonchev–Trinajstić information content (AvgIpc) is 3.75. The number of aromatic hydroxyl groups is 2. The molecule has 0 aliphatic heterocycles. The van der Waals surface area contributed by atoms with Crippen LogP contribution in [-0.4, -0.2) is 23.7 Å². The second-order valence-corrected chi connectivity index (χ2v) is 15.5. The van der Waals surface area contributed by atoms with Crippen LogP contribution in [0.25, 0.3) is 87.7 Å². The van der Waals surface area contributed by atoms with Crippen molar-refractivity contribution in [3.8, 4) is 33.8 Å². The minimum absolute atomic E-state index is 0. The average molecular weight is 996 g/mol. The first-order valence-corrected chi connectivity index (χ1v) is 19.7. The largest absolute Gasteiger partial charge is 1.00 e. The number of halogens is 6. The summed E-state index contributed by atoms with van der Waals surface area (Å²) in [6.07, 6.45) is 0. The van der Waals surface area contributed by atoms with Gasteiger partial charge in [0.2, 0.25) is 0 Å². The molecular formula is C46H28Cl4F2K2NO7P. The van der Waals surface area contributed by atoms with E-state index in [0.717, 1.165) is 66.8 Å². The summed E-state index contributed by atoms with van der Waals surface area (Å²) in [6, 6.07) is 34.2. The maximum atomic E-state index is 14.3. The summed E-state index contributed by atoms with van der Waals surface area (Å²) in [7, 11) is 4.47. The first-order valence-electron chi connectivity index (χ1n) is 17.8. The number of hydrogen-bond acceptors (Lipinski definition) is 8. The zero-order valence-electron chi connectivity index (χ0n) is 34.3. The summed E-state index contributed by atoms with van der Waals surface area (Å²) in [5.41, 5.74) is 4.15. The molecule has 0 amide bonds. The van der Waals surface area contributed by atoms with Crippen LogP contribution in [-0.2, 0) is 9.68 Å². The van der Waals surface area contributed by atoms with E-state index in [2.05, 4.69) is 42.9 Å². The van der Waals surface area contributed by atoms with Crippen LogP contribution in [0.15, 0.2) is 135 Å². The van der Waals surface area contributed by atoms with Gasteiger partial charge in [0.15, 0.2) is 0 Å². The number of hydrogen-bond donors (Lipinski definition) is 2. The van der Waals surface area contributed by atoms with Gasteiger partial charge in [-0.05, 0) is 140 Å². The van der Waals surface area contributed by atoms with E-state index in [1.807, 2.05) is 36.4 Å². The molecule has 0 spiro atoms. The number of rotatable bonds is 3. The smallest absolute Gasteiger partial charge is 1.00 e. The van der Waals surface area contributed by atoms with Gasteiger partial charge >= 0.3 is 103 Å². The fourth-order valence-electron chi connectivity index (χ4n) is 6.91.